The molecule has 0 bridgehead atoms. The smallest absolute Gasteiger partial charge is 0.207 e. The van der Waals surface area contributed by atoms with Crippen LogP contribution in [-0.4, -0.2) is 25.8 Å². The van der Waals surface area contributed by atoms with Crippen LogP contribution in [0.1, 0.15) is 12.8 Å². The number of rotatable bonds is 2. The summed E-state index contributed by atoms with van der Waals surface area (Å²) >= 11 is 3.27. The molecule has 90 valence electrons. The number of sulfonamides is 1. The van der Waals surface area contributed by atoms with Gasteiger partial charge in [-0.3, -0.25) is 0 Å². The van der Waals surface area contributed by atoms with E-state index >= 15 is 0 Å². The minimum Gasteiger partial charge on any atom is -0.207 e. The lowest BCUT2D eigenvalue weighted by Crippen LogP contribution is -2.28. The van der Waals surface area contributed by atoms with E-state index in [1.165, 1.54) is 0 Å². The van der Waals surface area contributed by atoms with E-state index in [9.17, 15) is 8.42 Å². The number of hydrogen-bond acceptors (Lipinski definition) is 2. The highest BCUT2D eigenvalue weighted by Gasteiger charge is 2.28. The lowest BCUT2D eigenvalue weighted by molar-refractivity contribution is 0.477. The minimum atomic E-state index is -3.28. The third-order valence-electron chi connectivity index (χ3n) is 2.52. The van der Waals surface area contributed by atoms with E-state index in [4.69, 9.17) is 0 Å². The Kier molecular flexibility index (Phi) is 4.79. The lowest BCUT2D eigenvalue weighted by atomic mass is 10.4. The first-order chi connectivity index (χ1) is 7.12. The van der Waals surface area contributed by atoms with Gasteiger partial charge in [-0.05, 0) is 40.9 Å². The van der Waals surface area contributed by atoms with Crippen molar-refractivity contribution in [2.75, 3.05) is 13.1 Å². The van der Waals surface area contributed by atoms with Gasteiger partial charge >= 0.3 is 0 Å². The molecule has 0 saturated carbocycles. The zero-order valence-corrected chi connectivity index (χ0v) is 11.8. The van der Waals surface area contributed by atoms with E-state index in [2.05, 4.69) is 15.9 Å². The summed E-state index contributed by atoms with van der Waals surface area (Å²) in [5.41, 5.74) is 0. The van der Waals surface area contributed by atoms with Crippen LogP contribution in [0.3, 0.4) is 0 Å². The second-order valence-corrected chi connectivity index (χ2v) is 6.30. The predicted molar refractivity (Wildman–Crippen MR) is 69.4 cm³/mol. The average molecular weight is 327 g/mol. The second-order valence-electron chi connectivity index (χ2n) is 3.54. The molecule has 3 nitrogen and oxygen atoms in total. The van der Waals surface area contributed by atoms with Gasteiger partial charge in [0, 0.05) is 17.6 Å². The molecule has 0 amide bonds. The largest absolute Gasteiger partial charge is 0.244 e. The Balaban J connectivity index is 0.00000128. The Bertz CT molecular complexity index is 458. The summed E-state index contributed by atoms with van der Waals surface area (Å²) in [6.07, 6.45) is 1.92. The van der Waals surface area contributed by atoms with Crippen LogP contribution in [-0.2, 0) is 10.0 Å². The van der Waals surface area contributed by atoms with E-state index in [0.29, 0.717) is 22.5 Å². The van der Waals surface area contributed by atoms with Crippen LogP contribution in [0, 0.1) is 0 Å². The quantitative estimate of drug-likeness (QED) is 0.838. The maximum atomic E-state index is 12.2. The SMILES string of the molecule is Cl.O=S(=O)(c1ccccc1Br)N1CCCC1. The molecule has 1 aliphatic rings. The standard InChI is InChI=1S/C10H12BrNO2S.ClH/c11-9-5-1-2-6-10(9)15(13,14)12-7-3-4-8-12;/h1-2,5-6H,3-4,7-8H2;1H. The molecule has 1 aliphatic heterocycles. The van der Waals surface area contributed by atoms with E-state index < -0.39 is 10.0 Å². The normalized spacial score (nSPS) is 17.1. The molecule has 1 heterocycles. The van der Waals surface area contributed by atoms with Gasteiger partial charge in [-0.15, -0.1) is 12.4 Å². The highest BCUT2D eigenvalue weighted by Crippen LogP contribution is 2.26. The van der Waals surface area contributed by atoms with Gasteiger partial charge in [0.05, 0.1) is 4.90 Å². The highest BCUT2D eigenvalue weighted by atomic mass is 79.9. The summed E-state index contributed by atoms with van der Waals surface area (Å²) in [4.78, 5) is 0.368. The molecule has 0 atom stereocenters. The van der Waals surface area contributed by atoms with Crippen LogP contribution in [0.4, 0.5) is 0 Å². The first kappa shape index (κ1) is 14.0. The molecule has 1 aromatic rings. The van der Waals surface area contributed by atoms with Gasteiger partial charge in [-0.1, -0.05) is 12.1 Å². The van der Waals surface area contributed by atoms with Crippen LogP contribution in [0.25, 0.3) is 0 Å². The third-order valence-corrected chi connectivity index (χ3v) is 5.43. The Morgan fingerprint density at radius 1 is 1.12 bits per heavy atom. The molecule has 0 aliphatic carbocycles. The second kappa shape index (κ2) is 5.49. The molecule has 0 aromatic heterocycles. The molecular weight excluding hydrogens is 314 g/mol. The van der Waals surface area contributed by atoms with Gasteiger partial charge in [0.1, 0.15) is 0 Å². The number of benzene rings is 1. The van der Waals surface area contributed by atoms with Gasteiger partial charge in [0.15, 0.2) is 0 Å². The number of halogens is 2. The summed E-state index contributed by atoms with van der Waals surface area (Å²) in [6, 6.07) is 6.95. The van der Waals surface area contributed by atoms with Gasteiger partial charge < -0.3 is 0 Å². The molecular formula is C10H13BrClNO2S. The Labute approximate surface area is 110 Å². The molecule has 1 fully saturated rings. The van der Waals surface area contributed by atoms with Crippen LogP contribution >= 0.6 is 28.3 Å². The van der Waals surface area contributed by atoms with Gasteiger partial charge in [0.25, 0.3) is 0 Å². The average Bonchev–Trinajstić information content (AvgIpc) is 2.71. The van der Waals surface area contributed by atoms with Gasteiger partial charge in [-0.2, -0.15) is 4.31 Å². The van der Waals surface area contributed by atoms with Gasteiger partial charge in [0.2, 0.25) is 10.0 Å². The minimum absolute atomic E-state index is 0. The maximum Gasteiger partial charge on any atom is 0.244 e. The van der Waals surface area contributed by atoms with Crippen LogP contribution in [0.2, 0.25) is 0 Å². The van der Waals surface area contributed by atoms with E-state index in [-0.39, 0.29) is 12.4 Å². The Hall–Kier alpha value is -0.100. The van der Waals surface area contributed by atoms with Crippen molar-refractivity contribution in [3.63, 3.8) is 0 Å². The monoisotopic (exact) mass is 325 g/mol. The van der Waals surface area contributed by atoms with Crippen LogP contribution in [0.5, 0.6) is 0 Å². The number of nitrogens with zero attached hydrogens (tertiary/aromatic N) is 1. The molecule has 6 heteroatoms. The summed E-state index contributed by atoms with van der Waals surface area (Å²) in [5, 5.41) is 0. The first-order valence-corrected chi connectivity index (χ1v) is 7.10. The zero-order chi connectivity index (χ0) is 10.9. The summed E-state index contributed by atoms with van der Waals surface area (Å²) in [7, 11) is -3.28. The van der Waals surface area contributed by atoms with Crippen molar-refractivity contribution in [1.82, 2.24) is 4.31 Å². The zero-order valence-electron chi connectivity index (χ0n) is 8.60. The lowest BCUT2D eigenvalue weighted by Gasteiger charge is -2.16. The molecule has 0 spiro atoms. The van der Waals surface area contributed by atoms with Crippen LogP contribution < -0.4 is 0 Å². The maximum absolute atomic E-state index is 12.2. The molecule has 1 aromatic carbocycles. The van der Waals surface area contributed by atoms with Crippen molar-refractivity contribution in [3.8, 4) is 0 Å². The number of hydrogen-bond donors (Lipinski definition) is 0. The van der Waals surface area contributed by atoms with Crippen molar-refractivity contribution in [3.05, 3.63) is 28.7 Å². The predicted octanol–water partition coefficient (Wildman–Crippen LogP) is 2.66. The van der Waals surface area contributed by atoms with Crippen molar-refractivity contribution < 1.29 is 8.42 Å². The van der Waals surface area contributed by atoms with Gasteiger partial charge in [-0.25, -0.2) is 8.42 Å². The van der Waals surface area contributed by atoms with Crippen molar-refractivity contribution in [2.45, 2.75) is 17.7 Å². The Morgan fingerprint density at radius 2 is 1.69 bits per heavy atom. The molecule has 2 rings (SSSR count). The first-order valence-electron chi connectivity index (χ1n) is 4.87. The summed E-state index contributed by atoms with van der Waals surface area (Å²) in [5.74, 6) is 0. The molecule has 0 unspecified atom stereocenters. The summed E-state index contributed by atoms with van der Waals surface area (Å²) in [6.45, 7) is 1.29. The molecule has 1 saturated heterocycles. The summed E-state index contributed by atoms with van der Waals surface area (Å²) < 4.78 is 26.5. The van der Waals surface area contributed by atoms with E-state index in [1.807, 2.05) is 6.07 Å². The molecule has 16 heavy (non-hydrogen) atoms. The van der Waals surface area contributed by atoms with Crippen molar-refractivity contribution in [1.29, 1.82) is 0 Å². The van der Waals surface area contributed by atoms with Crippen LogP contribution in [0.15, 0.2) is 33.6 Å². The fourth-order valence-corrected chi connectivity index (χ4v) is 4.20. The topological polar surface area (TPSA) is 37.4 Å². The molecule has 0 radical (unpaired) electrons. The fraction of sp³-hybridized carbons (Fsp3) is 0.400. The van der Waals surface area contributed by atoms with Crippen molar-refractivity contribution in [2.24, 2.45) is 0 Å². The Morgan fingerprint density at radius 3 is 2.25 bits per heavy atom. The van der Waals surface area contributed by atoms with Crippen molar-refractivity contribution >= 4 is 38.4 Å². The third kappa shape index (κ3) is 2.59. The fourth-order valence-electron chi connectivity index (χ4n) is 1.72. The van der Waals surface area contributed by atoms with E-state index in [1.54, 1.807) is 22.5 Å². The van der Waals surface area contributed by atoms with E-state index in [0.717, 1.165) is 12.8 Å². The molecule has 0 N–H and O–H groups in total. The highest BCUT2D eigenvalue weighted by molar-refractivity contribution is 9.10.